The Morgan fingerprint density at radius 3 is 2.44 bits per heavy atom. The van der Waals surface area contributed by atoms with Crippen molar-refractivity contribution in [2.45, 2.75) is 65.0 Å². The maximum Gasteiger partial charge on any atom is 0.255 e. The first-order valence-corrected chi connectivity index (χ1v) is 14.8. The van der Waals surface area contributed by atoms with Crippen molar-refractivity contribution in [3.05, 3.63) is 105 Å². The normalized spacial score (nSPS) is 16.1. The molecule has 2 atom stereocenters. The standard InChI is InChI=1S/C34H38N2O2S/c1-6-23(2)36(33(38)28-13-9-11-24-10-7-8-12-27(24)28)22-31(37)35-20-18-30-29(19-21-39-30)32(35)25-14-16-26(17-15-25)34(3,4)5/h7-17,19,21,23,32H,6,18,20,22H2,1-5H3. The number of nitrogens with zero attached hydrogens (tertiary/aromatic N) is 2. The van der Waals surface area contributed by atoms with Crippen LogP contribution in [-0.4, -0.2) is 40.7 Å². The maximum absolute atomic E-state index is 14.1. The summed E-state index contributed by atoms with van der Waals surface area (Å²) in [5, 5.41) is 4.08. The Labute approximate surface area is 236 Å². The van der Waals surface area contributed by atoms with Gasteiger partial charge >= 0.3 is 0 Å². The molecule has 2 heterocycles. The Hall–Kier alpha value is -3.44. The fourth-order valence-corrected chi connectivity index (χ4v) is 6.47. The van der Waals surface area contributed by atoms with Gasteiger partial charge in [0.1, 0.15) is 6.54 Å². The van der Waals surface area contributed by atoms with Crippen LogP contribution in [0.5, 0.6) is 0 Å². The van der Waals surface area contributed by atoms with Gasteiger partial charge in [0.25, 0.3) is 5.91 Å². The molecule has 1 aromatic heterocycles. The van der Waals surface area contributed by atoms with Gasteiger partial charge in [-0.2, -0.15) is 0 Å². The zero-order chi connectivity index (χ0) is 27.7. The highest BCUT2D eigenvalue weighted by Crippen LogP contribution is 2.38. The first-order valence-electron chi connectivity index (χ1n) is 13.9. The molecule has 4 aromatic rings. The van der Waals surface area contributed by atoms with Crippen LogP contribution in [0, 0.1) is 0 Å². The molecule has 0 N–H and O–H groups in total. The van der Waals surface area contributed by atoms with E-state index in [1.54, 1.807) is 16.2 Å². The Morgan fingerprint density at radius 1 is 1.00 bits per heavy atom. The average Bonchev–Trinajstić information content (AvgIpc) is 3.43. The summed E-state index contributed by atoms with van der Waals surface area (Å²) in [4.78, 5) is 33.2. The lowest BCUT2D eigenvalue weighted by Crippen LogP contribution is -2.49. The highest BCUT2D eigenvalue weighted by Gasteiger charge is 2.35. The van der Waals surface area contributed by atoms with E-state index in [-0.39, 0.29) is 35.9 Å². The molecule has 2 amide bonds. The predicted molar refractivity (Wildman–Crippen MR) is 161 cm³/mol. The number of fused-ring (bicyclic) bond motifs is 2. The highest BCUT2D eigenvalue weighted by molar-refractivity contribution is 7.10. The number of hydrogen-bond donors (Lipinski definition) is 0. The third-order valence-corrected chi connectivity index (χ3v) is 9.08. The zero-order valence-corrected chi connectivity index (χ0v) is 24.4. The topological polar surface area (TPSA) is 40.6 Å². The van der Waals surface area contributed by atoms with Gasteiger partial charge in [0.2, 0.25) is 5.91 Å². The van der Waals surface area contributed by atoms with Crippen LogP contribution in [0.1, 0.15) is 79.0 Å². The third-order valence-electron chi connectivity index (χ3n) is 8.09. The molecule has 5 heteroatoms. The van der Waals surface area contributed by atoms with Gasteiger partial charge in [0.15, 0.2) is 0 Å². The largest absolute Gasteiger partial charge is 0.330 e. The summed E-state index contributed by atoms with van der Waals surface area (Å²) in [6.45, 7) is 11.5. The molecule has 0 saturated heterocycles. The first kappa shape index (κ1) is 27.1. The summed E-state index contributed by atoms with van der Waals surface area (Å²) in [7, 11) is 0. The molecule has 0 saturated carbocycles. The molecule has 1 aliphatic rings. The van der Waals surface area contributed by atoms with Crippen molar-refractivity contribution in [3.8, 4) is 0 Å². The second-order valence-corrected chi connectivity index (χ2v) is 12.6. The highest BCUT2D eigenvalue weighted by atomic mass is 32.1. The lowest BCUT2D eigenvalue weighted by molar-refractivity contribution is -0.134. The molecule has 39 heavy (non-hydrogen) atoms. The van der Waals surface area contributed by atoms with Gasteiger partial charge in [-0.1, -0.05) is 88.4 Å². The van der Waals surface area contributed by atoms with Crippen LogP contribution in [0.2, 0.25) is 0 Å². The zero-order valence-electron chi connectivity index (χ0n) is 23.6. The SMILES string of the molecule is CCC(C)N(CC(=O)N1CCc2sccc2C1c1ccc(C(C)(C)C)cc1)C(=O)c1cccc2ccccc12. The van der Waals surface area contributed by atoms with Crippen molar-refractivity contribution in [2.75, 3.05) is 13.1 Å². The van der Waals surface area contributed by atoms with Crippen molar-refractivity contribution in [1.82, 2.24) is 9.80 Å². The first-order chi connectivity index (χ1) is 18.7. The lowest BCUT2D eigenvalue weighted by Gasteiger charge is -2.38. The smallest absolute Gasteiger partial charge is 0.255 e. The molecule has 0 fully saturated rings. The van der Waals surface area contributed by atoms with E-state index in [1.807, 2.05) is 54.3 Å². The van der Waals surface area contributed by atoms with Crippen LogP contribution >= 0.6 is 11.3 Å². The van der Waals surface area contributed by atoms with Crippen LogP contribution in [0.3, 0.4) is 0 Å². The number of hydrogen-bond acceptors (Lipinski definition) is 3. The molecule has 0 bridgehead atoms. The number of benzene rings is 3. The average molecular weight is 539 g/mol. The van der Waals surface area contributed by atoms with Gasteiger partial charge in [-0.25, -0.2) is 0 Å². The fraction of sp³-hybridized carbons (Fsp3) is 0.353. The van der Waals surface area contributed by atoms with Crippen molar-refractivity contribution in [1.29, 1.82) is 0 Å². The maximum atomic E-state index is 14.1. The minimum Gasteiger partial charge on any atom is -0.330 e. The fourth-order valence-electron chi connectivity index (χ4n) is 5.56. The van der Waals surface area contributed by atoms with Crippen LogP contribution in [0.25, 0.3) is 10.8 Å². The van der Waals surface area contributed by atoms with Crippen molar-refractivity contribution >= 4 is 33.9 Å². The second-order valence-electron chi connectivity index (χ2n) is 11.6. The van der Waals surface area contributed by atoms with Gasteiger partial charge < -0.3 is 9.80 Å². The Morgan fingerprint density at radius 2 is 1.72 bits per heavy atom. The van der Waals surface area contributed by atoms with E-state index < -0.39 is 0 Å². The molecule has 0 spiro atoms. The summed E-state index contributed by atoms with van der Waals surface area (Å²) in [5.41, 5.74) is 4.31. The molecule has 202 valence electrons. The molecule has 1 aliphatic heterocycles. The third kappa shape index (κ3) is 5.38. The molecular weight excluding hydrogens is 500 g/mol. The summed E-state index contributed by atoms with van der Waals surface area (Å²) in [6.07, 6.45) is 1.62. The summed E-state index contributed by atoms with van der Waals surface area (Å²) >= 11 is 1.77. The molecule has 0 radical (unpaired) electrons. The molecular formula is C34H38N2O2S. The number of carbonyl (C=O) groups is 2. The lowest BCUT2D eigenvalue weighted by atomic mass is 9.85. The molecule has 3 aromatic carbocycles. The number of rotatable bonds is 6. The van der Waals surface area contributed by atoms with E-state index in [9.17, 15) is 9.59 Å². The van der Waals surface area contributed by atoms with Gasteiger partial charge in [-0.3, -0.25) is 9.59 Å². The van der Waals surface area contributed by atoms with E-state index in [0.29, 0.717) is 12.1 Å². The Balaban J connectivity index is 1.47. The van der Waals surface area contributed by atoms with E-state index >= 15 is 0 Å². The quantitative estimate of drug-likeness (QED) is 0.253. The minimum atomic E-state index is -0.145. The van der Waals surface area contributed by atoms with Crippen LogP contribution in [0.4, 0.5) is 0 Å². The Bertz CT molecular complexity index is 1480. The minimum absolute atomic E-state index is 0.00867. The van der Waals surface area contributed by atoms with E-state index in [1.165, 1.54) is 16.0 Å². The van der Waals surface area contributed by atoms with Crippen molar-refractivity contribution in [3.63, 3.8) is 0 Å². The predicted octanol–water partition coefficient (Wildman–Crippen LogP) is 7.61. The Kier molecular flexibility index (Phi) is 7.64. The number of thiophene rings is 1. The van der Waals surface area contributed by atoms with Crippen molar-refractivity contribution < 1.29 is 9.59 Å². The monoisotopic (exact) mass is 538 g/mol. The van der Waals surface area contributed by atoms with Gasteiger partial charge in [0, 0.05) is 23.0 Å². The van der Waals surface area contributed by atoms with Crippen LogP contribution in [-0.2, 0) is 16.6 Å². The van der Waals surface area contributed by atoms with Crippen molar-refractivity contribution in [2.24, 2.45) is 0 Å². The van der Waals surface area contributed by atoms with Gasteiger partial charge in [-0.15, -0.1) is 11.3 Å². The second kappa shape index (κ2) is 11.0. The molecule has 5 rings (SSSR count). The van der Waals surface area contributed by atoms with Crippen LogP contribution < -0.4 is 0 Å². The molecule has 0 aliphatic carbocycles. The molecule has 2 unspecified atom stereocenters. The summed E-state index contributed by atoms with van der Waals surface area (Å²) < 4.78 is 0. The van der Waals surface area contributed by atoms with Crippen LogP contribution in [0.15, 0.2) is 78.2 Å². The van der Waals surface area contributed by atoms with E-state index in [0.717, 1.165) is 29.2 Å². The number of carbonyl (C=O) groups excluding carboxylic acids is 2. The van der Waals surface area contributed by atoms with E-state index in [2.05, 4.69) is 63.4 Å². The number of amides is 2. The van der Waals surface area contributed by atoms with Gasteiger partial charge in [0.05, 0.1) is 6.04 Å². The van der Waals surface area contributed by atoms with E-state index in [4.69, 9.17) is 0 Å². The van der Waals surface area contributed by atoms with Gasteiger partial charge in [-0.05, 0) is 70.2 Å². The summed E-state index contributed by atoms with van der Waals surface area (Å²) in [6, 6.07) is 24.4. The summed E-state index contributed by atoms with van der Waals surface area (Å²) in [5.74, 6) is -0.0977. The molecule has 4 nitrogen and oxygen atoms in total.